The number of aliphatic hydroxyl groups is 2. The molecule has 3 N–H and O–H groups in total. The van der Waals surface area contributed by atoms with Crippen molar-refractivity contribution in [1.29, 1.82) is 0 Å². The molecule has 0 bridgehead atoms. The van der Waals surface area contributed by atoms with E-state index in [1.165, 1.54) is 263 Å². The fourth-order valence-electron chi connectivity index (χ4n) is 9.87. The summed E-state index contributed by atoms with van der Waals surface area (Å²) >= 11 is 0. The Bertz CT molecular complexity index is 1090. The first-order valence-corrected chi connectivity index (χ1v) is 31.6. The Labute approximate surface area is 437 Å². The van der Waals surface area contributed by atoms with Crippen molar-refractivity contribution in [2.45, 2.75) is 360 Å². The lowest BCUT2D eigenvalue weighted by atomic mass is 10.0. The molecule has 0 saturated carbocycles. The van der Waals surface area contributed by atoms with Crippen LogP contribution in [-0.2, 0) is 14.3 Å². The zero-order chi connectivity index (χ0) is 50.7. The zero-order valence-corrected chi connectivity index (χ0v) is 47.3. The number of rotatable bonds is 59. The highest BCUT2D eigenvalue weighted by Crippen LogP contribution is 2.18. The van der Waals surface area contributed by atoms with Crippen LogP contribution in [0, 0.1) is 0 Å². The predicted molar refractivity (Wildman–Crippen MR) is 306 cm³/mol. The largest absolute Gasteiger partial charge is 0.466 e. The third-order valence-corrected chi connectivity index (χ3v) is 14.7. The molecule has 0 aromatic carbocycles. The lowest BCUT2D eigenvalue weighted by Gasteiger charge is -2.20. The van der Waals surface area contributed by atoms with Crippen molar-refractivity contribution >= 4 is 11.9 Å². The van der Waals surface area contributed by atoms with Gasteiger partial charge in [-0.05, 0) is 57.8 Å². The molecule has 0 saturated heterocycles. The van der Waals surface area contributed by atoms with Crippen LogP contribution in [0.5, 0.6) is 0 Å². The molecule has 0 aromatic heterocycles. The summed E-state index contributed by atoms with van der Waals surface area (Å²) in [5.41, 5.74) is 0. The van der Waals surface area contributed by atoms with Gasteiger partial charge in [0, 0.05) is 12.8 Å². The molecule has 70 heavy (non-hydrogen) atoms. The van der Waals surface area contributed by atoms with Gasteiger partial charge in [0.15, 0.2) is 0 Å². The quantitative estimate of drug-likeness (QED) is 0.0321. The topological polar surface area (TPSA) is 95.9 Å². The first-order chi connectivity index (χ1) is 34.5. The average Bonchev–Trinajstić information content (AvgIpc) is 3.36. The fourth-order valence-corrected chi connectivity index (χ4v) is 9.87. The molecule has 414 valence electrons. The number of hydrogen-bond acceptors (Lipinski definition) is 5. The molecule has 0 aromatic rings. The highest BCUT2D eigenvalue weighted by molar-refractivity contribution is 5.76. The standard InChI is InChI=1S/C64H123NO5/c1-3-5-7-9-11-13-15-17-18-19-20-21-22-23-26-29-33-36-40-44-48-52-56-62(67)61(60-66)65-63(68)57-53-49-45-41-37-34-30-27-24-25-28-31-35-39-43-47-51-55-59-70-64(69)58-54-50-46-42-38-32-16-14-12-10-8-6-4-2/h27,30,52,56,61-62,66-67H,3-26,28-29,31-51,53-55,57-60H2,1-2H3,(H,65,68)/b30-27-,56-52+. The summed E-state index contributed by atoms with van der Waals surface area (Å²) in [7, 11) is 0. The van der Waals surface area contributed by atoms with Crippen LogP contribution in [0.1, 0.15) is 348 Å². The normalized spacial score (nSPS) is 12.7. The number of allylic oxidation sites excluding steroid dienone is 3. The van der Waals surface area contributed by atoms with Crippen LogP contribution in [0.25, 0.3) is 0 Å². The molecule has 1 amide bonds. The Hall–Kier alpha value is -1.66. The smallest absolute Gasteiger partial charge is 0.305 e. The van der Waals surface area contributed by atoms with Crippen LogP contribution in [0.3, 0.4) is 0 Å². The minimum Gasteiger partial charge on any atom is -0.466 e. The monoisotopic (exact) mass is 986 g/mol. The highest BCUT2D eigenvalue weighted by Gasteiger charge is 2.18. The van der Waals surface area contributed by atoms with E-state index >= 15 is 0 Å². The first-order valence-electron chi connectivity index (χ1n) is 31.6. The minimum absolute atomic E-state index is 0.00422. The predicted octanol–water partition coefficient (Wildman–Crippen LogP) is 19.8. The maximum Gasteiger partial charge on any atom is 0.305 e. The Morgan fingerprint density at radius 3 is 1.01 bits per heavy atom. The van der Waals surface area contributed by atoms with Crippen LogP contribution in [0.4, 0.5) is 0 Å². The molecule has 2 atom stereocenters. The second-order valence-corrected chi connectivity index (χ2v) is 21.7. The van der Waals surface area contributed by atoms with Gasteiger partial charge < -0.3 is 20.3 Å². The SMILES string of the molecule is CCCCCCCCCCCCCCCCCCCCCC/C=C/C(O)C(CO)NC(=O)CCCCCCC/C=C\CCCCCCCCCCCOC(=O)CCCCCCCCCCCCCCC. The molecule has 2 unspecified atom stereocenters. The third-order valence-electron chi connectivity index (χ3n) is 14.7. The number of carbonyl (C=O) groups is 2. The van der Waals surface area contributed by atoms with E-state index in [9.17, 15) is 19.8 Å². The zero-order valence-electron chi connectivity index (χ0n) is 47.3. The Morgan fingerprint density at radius 1 is 0.386 bits per heavy atom. The van der Waals surface area contributed by atoms with Crippen molar-refractivity contribution in [3.63, 3.8) is 0 Å². The highest BCUT2D eigenvalue weighted by atomic mass is 16.5. The van der Waals surface area contributed by atoms with Crippen molar-refractivity contribution in [3.05, 3.63) is 24.3 Å². The van der Waals surface area contributed by atoms with Gasteiger partial charge in [0.2, 0.25) is 5.91 Å². The first kappa shape index (κ1) is 68.3. The van der Waals surface area contributed by atoms with E-state index in [0.717, 1.165) is 57.8 Å². The average molecular weight is 987 g/mol. The maximum absolute atomic E-state index is 12.5. The fraction of sp³-hybridized carbons (Fsp3) is 0.906. The van der Waals surface area contributed by atoms with E-state index in [-0.39, 0.29) is 18.5 Å². The second-order valence-electron chi connectivity index (χ2n) is 21.7. The summed E-state index contributed by atoms with van der Waals surface area (Å²) in [6.45, 7) is 4.92. The summed E-state index contributed by atoms with van der Waals surface area (Å²) in [4.78, 5) is 24.5. The summed E-state index contributed by atoms with van der Waals surface area (Å²) < 4.78 is 5.47. The second kappa shape index (κ2) is 59.9. The van der Waals surface area contributed by atoms with E-state index in [0.29, 0.717) is 19.4 Å². The molecule has 0 aliphatic rings. The number of carbonyl (C=O) groups excluding carboxylic acids is 2. The number of ether oxygens (including phenoxy) is 1. The van der Waals surface area contributed by atoms with Gasteiger partial charge in [-0.1, -0.05) is 301 Å². The van der Waals surface area contributed by atoms with Crippen LogP contribution in [0.15, 0.2) is 24.3 Å². The molecule has 0 spiro atoms. The van der Waals surface area contributed by atoms with Crippen molar-refractivity contribution in [2.75, 3.05) is 13.2 Å². The Kier molecular flexibility index (Phi) is 58.5. The van der Waals surface area contributed by atoms with Gasteiger partial charge >= 0.3 is 5.97 Å². The molecular weight excluding hydrogens is 863 g/mol. The van der Waals surface area contributed by atoms with Crippen molar-refractivity contribution < 1.29 is 24.5 Å². The van der Waals surface area contributed by atoms with Gasteiger partial charge in [-0.2, -0.15) is 0 Å². The molecule has 0 radical (unpaired) electrons. The van der Waals surface area contributed by atoms with Crippen molar-refractivity contribution in [1.82, 2.24) is 5.32 Å². The molecule has 0 aliphatic heterocycles. The molecule has 6 heteroatoms. The van der Waals surface area contributed by atoms with Crippen LogP contribution in [0.2, 0.25) is 0 Å². The number of esters is 1. The van der Waals surface area contributed by atoms with Crippen molar-refractivity contribution in [3.8, 4) is 0 Å². The minimum atomic E-state index is -0.854. The van der Waals surface area contributed by atoms with E-state index in [1.54, 1.807) is 6.08 Å². The summed E-state index contributed by atoms with van der Waals surface area (Å²) in [5.74, 6) is -0.0747. The summed E-state index contributed by atoms with van der Waals surface area (Å²) in [6, 6.07) is -0.639. The van der Waals surface area contributed by atoms with Gasteiger partial charge in [0.05, 0.1) is 25.4 Å². The number of nitrogens with one attached hydrogen (secondary N) is 1. The van der Waals surface area contributed by atoms with Crippen LogP contribution < -0.4 is 5.32 Å². The number of amides is 1. The van der Waals surface area contributed by atoms with E-state index in [1.807, 2.05) is 6.08 Å². The van der Waals surface area contributed by atoms with E-state index < -0.39 is 12.1 Å². The molecular formula is C64H123NO5. The van der Waals surface area contributed by atoms with Gasteiger partial charge in [-0.15, -0.1) is 0 Å². The number of aliphatic hydroxyl groups excluding tert-OH is 2. The lowest BCUT2D eigenvalue weighted by Crippen LogP contribution is -2.45. The van der Waals surface area contributed by atoms with Gasteiger partial charge in [0.1, 0.15) is 0 Å². The van der Waals surface area contributed by atoms with Gasteiger partial charge in [-0.25, -0.2) is 0 Å². The third kappa shape index (κ3) is 55.7. The van der Waals surface area contributed by atoms with Crippen molar-refractivity contribution in [2.24, 2.45) is 0 Å². The number of hydrogen-bond donors (Lipinski definition) is 3. The maximum atomic E-state index is 12.5. The lowest BCUT2D eigenvalue weighted by molar-refractivity contribution is -0.143. The molecule has 0 aliphatic carbocycles. The summed E-state index contributed by atoms with van der Waals surface area (Å²) in [6.07, 6.45) is 73.6. The van der Waals surface area contributed by atoms with E-state index in [4.69, 9.17) is 4.74 Å². The molecule has 0 rings (SSSR count). The molecule has 6 nitrogen and oxygen atoms in total. The summed E-state index contributed by atoms with van der Waals surface area (Å²) in [5, 5.41) is 23.2. The van der Waals surface area contributed by atoms with Gasteiger partial charge in [0.25, 0.3) is 0 Å². The van der Waals surface area contributed by atoms with Crippen LogP contribution >= 0.6 is 0 Å². The number of unbranched alkanes of at least 4 members (excludes halogenated alkanes) is 46. The molecule has 0 heterocycles. The van der Waals surface area contributed by atoms with Gasteiger partial charge in [-0.3, -0.25) is 9.59 Å². The Morgan fingerprint density at radius 2 is 0.671 bits per heavy atom. The Balaban J connectivity index is 3.48. The van der Waals surface area contributed by atoms with Crippen LogP contribution in [-0.4, -0.2) is 47.4 Å². The van der Waals surface area contributed by atoms with E-state index in [2.05, 4.69) is 31.3 Å². The molecule has 0 fully saturated rings.